The smallest absolute Gasteiger partial charge is 0.369 e. The van der Waals surface area contributed by atoms with Crippen molar-refractivity contribution < 1.29 is 30.4 Å². The van der Waals surface area contributed by atoms with Gasteiger partial charge in [-0.2, -0.15) is 35.5 Å². The lowest BCUT2D eigenvalue weighted by atomic mass is 9.69. The van der Waals surface area contributed by atoms with Gasteiger partial charge in [-0.25, -0.2) is 18.9 Å². The number of hydrogen-bond acceptors (Lipinski definition) is 5. The number of benzene rings is 1. The van der Waals surface area contributed by atoms with Crippen LogP contribution in [-0.2, 0) is 21.8 Å². The summed E-state index contributed by atoms with van der Waals surface area (Å²) in [4.78, 5) is 3.59. The summed E-state index contributed by atoms with van der Waals surface area (Å²) >= 11 is 0. The molecule has 0 radical (unpaired) electrons. The number of nitrogens with one attached hydrogen (secondary N) is 1. The minimum absolute atomic E-state index is 0.0865. The second kappa shape index (κ2) is 8.43. The van der Waals surface area contributed by atoms with E-state index in [-0.39, 0.29) is 37.0 Å². The van der Waals surface area contributed by atoms with Crippen LogP contribution in [0.5, 0.6) is 0 Å². The fraction of sp³-hybridized carbons (Fsp3) is 0.400. The topological polar surface area (TPSA) is 106 Å². The van der Waals surface area contributed by atoms with Gasteiger partial charge in [0, 0.05) is 37.2 Å². The largest absolute Gasteiger partial charge is 0.435 e. The number of nitrogens with zero attached hydrogens (tertiary/aromatic N) is 4. The van der Waals surface area contributed by atoms with Crippen LogP contribution in [0.15, 0.2) is 42.5 Å². The van der Waals surface area contributed by atoms with Gasteiger partial charge in [-0.15, -0.1) is 0 Å². The highest BCUT2D eigenvalue weighted by molar-refractivity contribution is 7.86. The van der Waals surface area contributed by atoms with Crippen LogP contribution in [0, 0.1) is 5.92 Å². The van der Waals surface area contributed by atoms with Gasteiger partial charge in [0.25, 0.3) is 16.6 Å². The van der Waals surface area contributed by atoms with E-state index >= 15 is 0 Å². The van der Waals surface area contributed by atoms with Gasteiger partial charge in [-0.3, -0.25) is 0 Å². The number of aromatic nitrogens is 3. The molecule has 0 unspecified atom stereocenters. The molecule has 3 aromatic rings. The molecule has 0 saturated carbocycles. The van der Waals surface area contributed by atoms with Gasteiger partial charge in [0.15, 0.2) is 11.3 Å². The molecule has 2 aromatic heterocycles. The van der Waals surface area contributed by atoms with Gasteiger partial charge in [-0.1, -0.05) is 37.3 Å². The lowest BCUT2D eigenvalue weighted by molar-refractivity contribution is -0.141. The molecule has 14 heteroatoms. The van der Waals surface area contributed by atoms with Crippen LogP contribution in [0.2, 0.25) is 0 Å². The SMILES string of the molecule is C[C@](CNc1cc(C(F)F)nc2cc(C(F)(F)F)nn12)(c1ccccc1)C1CN(S(N)(=O)=O)C1. The molecule has 1 fully saturated rings. The Morgan fingerprint density at radius 3 is 2.38 bits per heavy atom. The van der Waals surface area contributed by atoms with Crippen LogP contribution >= 0.6 is 0 Å². The van der Waals surface area contributed by atoms with E-state index in [2.05, 4.69) is 15.4 Å². The molecule has 184 valence electrons. The van der Waals surface area contributed by atoms with Crippen LogP contribution in [0.4, 0.5) is 27.8 Å². The molecule has 0 spiro atoms. The zero-order valence-electron chi connectivity index (χ0n) is 17.8. The van der Waals surface area contributed by atoms with Gasteiger partial charge < -0.3 is 5.32 Å². The summed E-state index contributed by atoms with van der Waals surface area (Å²) in [5.74, 6) is -0.295. The average Bonchev–Trinajstić information content (AvgIpc) is 3.15. The van der Waals surface area contributed by atoms with E-state index in [9.17, 15) is 30.4 Å². The molecule has 1 aliphatic heterocycles. The third-order valence-corrected chi connectivity index (χ3v) is 7.16. The molecule has 4 rings (SSSR count). The lowest BCUT2D eigenvalue weighted by Gasteiger charge is -2.48. The Labute approximate surface area is 191 Å². The molecule has 0 aliphatic carbocycles. The van der Waals surface area contributed by atoms with E-state index in [1.807, 2.05) is 19.1 Å². The molecule has 8 nitrogen and oxygen atoms in total. The third-order valence-electron chi connectivity index (χ3n) is 6.14. The molecule has 1 saturated heterocycles. The van der Waals surface area contributed by atoms with Crippen molar-refractivity contribution in [1.29, 1.82) is 0 Å². The Kier molecular flexibility index (Phi) is 6.02. The Morgan fingerprint density at radius 2 is 1.82 bits per heavy atom. The predicted octanol–water partition coefficient (Wildman–Crippen LogP) is 3.19. The van der Waals surface area contributed by atoms with Gasteiger partial charge in [-0.05, 0) is 11.5 Å². The first-order chi connectivity index (χ1) is 15.8. The Morgan fingerprint density at radius 1 is 1.18 bits per heavy atom. The number of alkyl halides is 5. The Hall–Kier alpha value is -2.84. The average molecular weight is 504 g/mol. The number of halogens is 5. The van der Waals surface area contributed by atoms with Crippen molar-refractivity contribution in [2.45, 2.75) is 24.9 Å². The Bertz CT molecular complexity index is 1290. The van der Waals surface area contributed by atoms with Crippen LogP contribution < -0.4 is 10.5 Å². The summed E-state index contributed by atoms with van der Waals surface area (Å²) in [7, 11) is -3.86. The van der Waals surface area contributed by atoms with E-state index in [1.54, 1.807) is 18.2 Å². The highest BCUT2D eigenvalue weighted by Crippen LogP contribution is 2.39. The van der Waals surface area contributed by atoms with Crippen LogP contribution in [0.1, 0.15) is 30.3 Å². The van der Waals surface area contributed by atoms with Crippen molar-refractivity contribution in [1.82, 2.24) is 18.9 Å². The van der Waals surface area contributed by atoms with E-state index in [1.165, 1.54) is 0 Å². The monoisotopic (exact) mass is 504 g/mol. The predicted molar refractivity (Wildman–Crippen MR) is 113 cm³/mol. The lowest BCUT2D eigenvalue weighted by Crippen LogP contribution is -2.60. The fourth-order valence-electron chi connectivity index (χ4n) is 3.99. The van der Waals surface area contributed by atoms with Crippen molar-refractivity contribution in [3.05, 3.63) is 59.4 Å². The van der Waals surface area contributed by atoms with Gasteiger partial charge in [0.1, 0.15) is 11.5 Å². The fourth-order valence-corrected chi connectivity index (χ4v) is 4.77. The van der Waals surface area contributed by atoms with Crippen LogP contribution in [0.25, 0.3) is 5.65 Å². The zero-order chi connectivity index (χ0) is 24.9. The standard InChI is InChI=1S/C20H21F5N6O2S/c1-19(12-5-3-2-4-6-12,13-9-30(10-13)34(26,32)33)11-27-16-7-14(18(21)22)28-17-8-15(20(23,24)25)29-31(16)17/h2-8,13,18,27H,9-11H2,1H3,(H2,26,32,33)/t19-/m0/s1. The van der Waals surface area contributed by atoms with Gasteiger partial charge in [0.2, 0.25) is 0 Å². The first-order valence-corrected chi connectivity index (χ1v) is 11.6. The van der Waals surface area contributed by atoms with Crippen molar-refractivity contribution in [2.75, 3.05) is 25.0 Å². The minimum atomic E-state index is -4.78. The van der Waals surface area contributed by atoms with Crippen molar-refractivity contribution >= 4 is 21.7 Å². The maximum atomic E-state index is 13.4. The quantitative estimate of drug-likeness (QED) is 0.481. The molecule has 3 N–H and O–H groups in total. The molecule has 1 atom stereocenters. The summed E-state index contributed by atoms with van der Waals surface area (Å²) in [6, 6.07) is 10.6. The molecule has 0 amide bonds. The first kappa shape index (κ1) is 24.3. The number of fused-ring (bicyclic) bond motifs is 1. The highest BCUT2D eigenvalue weighted by Gasteiger charge is 2.46. The number of rotatable bonds is 7. The second-order valence-corrected chi connectivity index (χ2v) is 9.91. The zero-order valence-corrected chi connectivity index (χ0v) is 18.6. The Balaban J connectivity index is 1.70. The minimum Gasteiger partial charge on any atom is -0.369 e. The summed E-state index contributed by atoms with van der Waals surface area (Å²) in [5.41, 5.74) is -2.23. The maximum absolute atomic E-state index is 13.4. The highest BCUT2D eigenvalue weighted by atomic mass is 32.2. The maximum Gasteiger partial charge on any atom is 0.435 e. The molecular weight excluding hydrogens is 483 g/mol. The normalized spacial score (nSPS) is 17.6. The summed E-state index contributed by atoms with van der Waals surface area (Å²) in [6.45, 7) is 2.22. The molecule has 1 aliphatic rings. The number of anilines is 1. The molecule has 3 heterocycles. The number of hydrogen-bond donors (Lipinski definition) is 2. The first-order valence-electron chi connectivity index (χ1n) is 10.1. The molecule has 0 bridgehead atoms. The van der Waals surface area contributed by atoms with Crippen molar-refractivity contribution in [3.63, 3.8) is 0 Å². The second-order valence-electron chi connectivity index (χ2n) is 8.36. The molecule has 1 aromatic carbocycles. The van der Waals surface area contributed by atoms with Crippen LogP contribution in [0.3, 0.4) is 0 Å². The molecular formula is C20H21F5N6O2S. The van der Waals surface area contributed by atoms with E-state index in [0.717, 1.165) is 20.5 Å². The van der Waals surface area contributed by atoms with Gasteiger partial charge in [0.05, 0.1) is 0 Å². The summed E-state index contributed by atoms with van der Waals surface area (Å²) in [5, 5.41) is 11.6. The van der Waals surface area contributed by atoms with Crippen molar-refractivity contribution in [3.8, 4) is 0 Å². The van der Waals surface area contributed by atoms with Crippen molar-refractivity contribution in [2.24, 2.45) is 11.1 Å². The van der Waals surface area contributed by atoms with E-state index in [0.29, 0.717) is 6.07 Å². The van der Waals surface area contributed by atoms with E-state index < -0.39 is 39.6 Å². The summed E-state index contributed by atoms with van der Waals surface area (Å²) < 4.78 is 91.5. The van der Waals surface area contributed by atoms with E-state index in [4.69, 9.17) is 5.14 Å². The third kappa shape index (κ3) is 4.57. The summed E-state index contributed by atoms with van der Waals surface area (Å²) in [6.07, 6.45) is -7.79. The number of nitrogens with two attached hydrogens (primary N) is 1. The van der Waals surface area contributed by atoms with Crippen LogP contribution in [-0.4, -0.2) is 47.0 Å². The van der Waals surface area contributed by atoms with Gasteiger partial charge >= 0.3 is 6.18 Å². The molecule has 34 heavy (non-hydrogen) atoms.